The van der Waals surface area contributed by atoms with Gasteiger partial charge in [0.25, 0.3) is 17.5 Å². The van der Waals surface area contributed by atoms with Gasteiger partial charge in [0.2, 0.25) is 0 Å². The summed E-state index contributed by atoms with van der Waals surface area (Å²) in [5.41, 5.74) is 0.629. The fourth-order valence-corrected chi connectivity index (χ4v) is 1.83. The van der Waals surface area contributed by atoms with Crippen LogP contribution in [0.3, 0.4) is 0 Å². The van der Waals surface area contributed by atoms with Gasteiger partial charge in [-0.2, -0.15) is 5.10 Å². The zero-order valence-electron chi connectivity index (χ0n) is 11.7. The first kappa shape index (κ1) is 14.3. The quantitative estimate of drug-likeness (QED) is 0.580. The smallest absolute Gasteiger partial charge is 0.269 e. The summed E-state index contributed by atoms with van der Waals surface area (Å²) in [4.78, 5) is 30.3. The van der Waals surface area contributed by atoms with Crippen molar-refractivity contribution in [3.63, 3.8) is 0 Å². The summed E-state index contributed by atoms with van der Waals surface area (Å²) in [6.45, 7) is 0. The van der Waals surface area contributed by atoms with Gasteiger partial charge in [0.05, 0.1) is 23.0 Å². The summed E-state index contributed by atoms with van der Waals surface area (Å²) in [6.07, 6.45) is 6.21. The lowest BCUT2D eigenvalue weighted by molar-refractivity contribution is -0.384. The Kier molecular flexibility index (Phi) is 3.75. The minimum absolute atomic E-state index is 0.0755. The Balaban J connectivity index is 1.71. The fourth-order valence-electron chi connectivity index (χ4n) is 1.83. The Morgan fingerprint density at radius 3 is 2.43 bits per heavy atom. The van der Waals surface area contributed by atoms with Crippen molar-refractivity contribution in [1.29, 1.82) is 0 Å². The zero-order chi connectivity index (χ0) is 16.2. The van der Waals surface area contributed by atoms with Gasteiger partial charge in [-0.15, -0.1) is 0 Å². The highest BCUT2D eigenvalue weighted by molar-refractivity contribution is 6.04. The van der Waals surface area contributed by atoms with Crippen molar-refractivity contribution in [2.24, 2.45) is 0 Å². The zero-order valence-corrected chi connectivity index (χ0v) is 11.7. The summed E-state index contributed by atoms with van der Waals surface area (Å²) in [5.74, 6) is -0.0290. The molecule has 0 atom stereocenters. The molecule has 0 unspecified atom stereocenters. The Labute approximate surface area is 129 Å². The first-order valence-electron chi connectivity index (χ1n) is 6.51. The summed E-state index contributed by atoms with van der Waals surface area (Å²) in [6, 6.07) is 7.05. The van der Waals surface area contributed by atoms with E-state index in [1.165, 1.54) is 41.3 Å². The number of nitrogens with one attached hydrogen (secondary N) is 1. The number of hydrogen-bond donors (Lipinski definition) is 1. The van der Waals surface area contributed by atoms with Crippen LogP contribution in [0, 0.1) is 10.1 Å². The Bertz CT molecular complexity index is 828. The molecule has 2 aromatic heterocycles. The molecular formula is C14H10N6O3. The van der Waals surface area contributed by atoms with Crippen molar-refractivity contribution >= 4 is 17.3 Å². The summed E-state index contributed by atoms with van der Waals surface area (Å²) in [7, 11) is 0. The van der Waals surface area contributed by atoms with E-state index >= 15 is 0 Å². The van der Waals surface area contributed by atoms with Crippen molar-refractivity contribution < 1.29 is 9.72 Å². The van der Waals surface area contributed by atoms with Crippen molar-refractivity contribution in [2.75, 3.05) is 5.32 Å². The van der Waals surface area contributed by atoms with E-state index in [1.54, 1.807) is 18.5 Å². The van der Waals surface area contributed by atoms with E-state index in [-0.39, 0.29) is 5.69 Å². The SMILES string of the molecule is O=C(Nc1cnc(-n2cccn2)nc1)c1ccc([N+](=O)[O-])cc1. The van der Waals surface area contributed by atoms with Crippen LogP contribution in [0.25, 0.3) is 5.95 Å². The van der Waals surface area contributed by atoms with Gasteiger partial charge >= 0.3 is 0 Å². The number of carbonyl (C=O) groups excluding carboxylic acids is 1. The highest BCUT2D eigenvalue weighted by Gasteiger charge is 2.10. The molecule has 0 fully saturated rings. The molecule has 0 aliphatic rings. The standard InChI is InChI=1S/C14H10N6O3/c21-13(10-2-4-12(5-3-10)20(22)23)18-11-8-15-14(16-9-11)19-7-1-6-17-19/h1-9H,(H,18,21). The topological polar surface area (TPSA) is 116 Å². The van der Waals surface area contributed by atoms with Gasteiger partial charge in [-0.05, 0) is 18.2 Å². The highest BCUT2D eigenvalue weighted by Crippen LogP contribution is 2.13. The van der Waals surface area contributed by atoms with Crippen molar-refractivity contribution in [3.8, 4) is 5.95 Å². The van der Waals surface area contributed by atoms with Crippen LogP contribution in [0.5, 0.6) is 0 Å². The first-order valence-corrected chi connectivity index (χ1v) is 6.51. The molecule has 0 aliphatic carbocycles. The predicted octanol–water partition coefficient (Wildman–Crippen LogP) is 1.82. The van der Waals surface area contributed by atoms with E-state index in [2.05, 4.69) is 20.4 Å². The molecule has 0 aliphatic heterocycles. The molecule has 0 bridgehead atoms. The van der Waals surface area contributed by atoms with E-state index in [1.807, 2.05) is 0 Å². The Morgan fingerprint density at radius 1 is 1.17 bits per heavy atom. The average molecular weight is 310 g/mol. The second-order valence-electron chi connectivity index (χ2n) is 4.48. The molecule has 0 saturated carbocycles. The van der Waals surface area contributed by atoms with E-state index in [9.17, 15) is 14.9 Å². The minimum atomic E-state index is -0.524. The molecule has 2 heterocycles. The summed E-state index contributed by atoms with van der Waals surface area (Å²) in [5, 5.41) is 17.2. The first-order chi connectivity index (χ1) is 11.1. The normalized spacial score (nSPS) is 10.3. The molecule has 1 amide bonds. The number of nitrogens with zero attached hydrogens (tertiary/aromatic N) is 5. The van der Waals surface area contributed by atoms with Crippen LogP contribution in [0.15, 0.2) is 55.1 Å². The Hall–Kier alpha value is -3.62. The number of anilines is 1. The van der Waals surface area contributed by atoms with Crippen LogP contribution < -0.4 is 5.32 Å². The van der Waals surface area contributed by atoms with Crippen LogP contribution in [0.2, 0.25) is 0 Å². The fraction of sp³-hybridized carbons (Fsp3) is 0. The summed E-state index contributed by atoms with van der Waals surface area (Å²) < 4.78 is 1.49. The Morgan fingerprint density at radius 2 is 1.87 bits per heavy atom. The molecular weight excluding hydrogens is 300 g/mol. The number of non-ortho nitro benzene ring substituents is 1. The van der Waals surface area contributed by atoms with E-state index in [0.717, 1.165) is 0 Å². The number of nitro groups is 1. The second kappa shape index (κ2) is 6.02. The molecule has 1 N–H and O–H groups in total. The monoisotopic (exact) mass is 310 g/mol. The molecule has 0 spiro atoms. The van der Waals surface area contributed by atoms with Crippen molar-refractivity contribution in [3.05, 3.63) is 70.8 Å². The van der Waals surface area contributed by atoms with Crippen LogP contribution in [-0.4, -0.2) is 30.6 Å². The van der Waals surface area contributed by atoms with Crippen molar-refractivity contribution in [1.82, 2.24) is 19.7 Å². The molecule has 114 valence electrons. The number of nitro benzene ring substituents is 1. The number of rotatable bonds is 4. The van der Waals surface area contributed by atoms with Gasteiger partial charge in [0, 0.05) is 30.1 Å². The lowest BCUT2D eigenvalue weighted by Crippen LogP contribution is -2.13. The van der Waals surface area contributed by atoms with Gasteiger partial charge in [0.1, 0.15) is 0 Å². The predicted molar refractivity (Wildman–Crippen MR) is 80.2 cm³/mol. The minimum Gasteiger partial charge on any atom is -0.319 e. The average Bonchev–Trinajstić information content (AvgIpc) is 3.10. The highest BCUT2D eigenvalue weighted by atomic mass is 16.6. The third-order valence-corrected chi connectivity index (χ3v) is 2.95. The number of amides is 1. The maximum Gasteiger partial charge on any atom is 0.269 e. The maximum atomic E-state index is 12.1. The maximum absolute atomic E-state index is 12.1. The van der Waals surface area contributed by atoms with Crippen LogP contribution in [0.1, 0.15) is 10.4 Å². The number of hydrogen-bond acceptors (Lipinski definition) is 6. The van der Waals surface area contributed by atoms with Crippen molar-refractivity contribution in [2.45, 2.75) is 0 Å². The van der Waals surface area contributed by atoms with Gasteiger partial charge in [-0.25, -0.2) is 14.6 Å². The van der Waals surface area contributed by atoms with E-state index < -0.39 is 10.8 Å². The molecule has 9 nitrogen and oxygen atoms in total. The molecule has 1 aromatic carbocycles. The third kappa shape index (κ3) is 3.18. The van der Waals surface area contributed by atoms with Gasteiger partial charge in [-0.3, -0.25) is 14.9 Å². The number of benzene rings is 1. The largest absolute Gasteiger partial charge is 0.319 e. The number of aromatic nitrogens is 4. The molecule has 0 saturated heterocycles. The second-order valence-corrected chi connectivity index (χ2v) is 4.48. The van der Waals surface area contributed by atoms with Crippen LogP contribution in [-0.2, 0) is 0 Å². The van der Waals surface area contributed by atoms with E-state index in [0.29, 0.717) is 17.2 Å². The van der Waals surface area contributed by atoms with Crippen LogP contribution in [0.4, 0.5) is 11.4 Å². The number of carbonyl (C=O) groups is 1. The molecule has 23 heavy (non-hydrogen) atoms. The molecule has 3 rings (SSSR count). The summed E-state index contributed by atoms with van der Waals surface area (Å²) >= 11 is 0. The molecule has 9 heteroatoms. The van der Waals surface area contributed by atoms with Gasteiger partial charge < -0.3 is 5.32 Å². The molecule has 0 radical (unpaired) electrons. The van der Waals surface area contributed by atoms with Crippen LogP contribution >= 0.6 is 0 Å². The van der Waals surface area contributed by atoms with Gasteiger partial charge in [0.15, 0.2) is 0 Å². The third-order valence-electron chi connectivity index (χ3n) is 2.95. The lowest BCUT2D eigenvalue weighted by Gasteiger charge is -2.05. The van der Waals surface area contributed by atoms with E-state index in [4.69, 9.17) is 0 Å². The molecule has 3 aromatic rings. The van der Waals surface area contributed by atoms with Gasteiger partial charge in [-0.1, -0.05) is 0 Å². The lowest BCUT2D eigenvalue weighted by atomic mass is 10.2.